The van der Waals surface area contributed by atoms with E-state index in [9.17, 15) is 4.79 Å². The van der Waals surface area contributed by atoms with Crippen molar-refractivity contribution >= 4 is 5.91 Å². The first kappa shape index (κ1) is 15.4. The third-order valence-electron chi connectivity index (χ3n) is 4.88. The number of hydrogen-bond donors (Lipinski definition) is 1. The maximum atomic E-state index is 12.7. The Morgan fingerprint density at radius 1 is 1.23 bits per heavy atom. The smallest absolute Gasteiger partial charge is 0.230 e. The molecule has 1 atom stereocenters. The number of hydrogen-bond acceptors (Lipinski definition) is 6. The molecule has 122 valence electrons. The number of tetrazole rings is 1. The normalized spacial score (nSPS) is 26.2. The summed E-state index contributed by atoms with van der Waals surface area (Å²) in [7, 11) is 0. The zero-order valence-corrected chi connectivity index (χ0v) is 12.9. The van der Waals surface area contributed by atoms with Crippen molar-refractivity contribution in [1.82, 2.24) is 30.0 Å². The van der Waals surface area contributed by atoms with Crippen LogP contribution in [0.15, 0.2) is 6.33 Å². The number of carbonyl (C=O) groups is 1. The molecule has 2 aliphatic heterocycles. The Labute approximate surface area is 130 Å². The van der Waals surface area contributed by atoms with E-state index in [0.717, 1.165) is 58.4 Å². The van der Waals surface area contributed by atoms with Gasteiger partial charge in [0, 0.05) is 26.2 Å². The molecule has 22 heavy (non-hydrogen) atoms. The molecule has 1 aromatic heterocycles. The summed E-state index contributed by atoms with van der Waals surface area (Å²) >= 11 is 0. The van der Waals surface area contributed by atoms with Crippen LogP contribution in [0.25, 0.3) is 0 Å². The van der Waals surface area contributed by atoms with E-state index in [1.807, 2.05) is 4.90 Å². The van der Waals surface area contributed by atoms with Crippen LogP contribution in [0.3, 0.4) is 0 Å². The lowest BCUT2D eigenvalue weighted by Crippen LogP contribution is -2.50. The molecule has 3 heterocycles. The highest BCUT2D eigenvalue weighted by Gasteiger charge is 2.47. The predicted molar refractivity (Wildman–Crippen MR) is 78.8 cm³/mol. The summed E-state index contributed by atoms with van der Waals surface area (Å²) in [5.74, 6) is 0.246. The van der Waals surface area contributed by atoms with Gasteiger partial charge in [-0.05, 0) is 49.2 Å². The van der Waals surface area contributed by atoms with Gasteiger partial charge in [-0.3, -0.25) is 4.79 Å². The van der Waals surface area contributed by atoms with Crippen LogP contribution in [-0.2, 0) is 11.3 Å². The fraction of sp³-hybridized carbons (Fsp3) is 0.857. The summed E-state index contributed by atoms with van der Waals surface area (Å²) in [4.78, 5) is 16.9. The number of aromatic nitrogens is 4. The van der Waals surface area contributed by atoms with E-state index in [1.165, 1.54) is 0 Å². The highest BCUT2D eigenvalue weighted by atomic mass is 16.3. The van der Waals surface area contributed by atoms with E-state index < -0.39 is 0 Å². The van der Waals surface area contributed by atoms with E-state index >= 15 is 0 Å². The van der Waals surface area contributed by atoms with Gasteiger partial charge >= 0.3 is 0 Å². The van der Waals surface area contributed by atoms with Crippen molar-refractivity contribution in [2.75, 3.05) is 39.3 Å². The number of rotatable bonds is 6. The summed E-state index contributed by atoms with van der Waals surface area (Å²) < 4.78 is 1.74. The molecule has 2 fully saturated rings. The van der Waals surface area contributed by atoms with Crippen LogP contribution >= 0.6 is 0 Å². The third-order valence-corrected chi connectivity index (χ3v) is 4.88. The number of piperidine rings is 1. The van der Waals surface area contributed by atoms with E-state index in [0.29, 0.717) is 6.54 Å². The fourth-order valence-corrected chi connectivity index (χ4v) is 3.75. The Bertz CT molecular complexity index is 492. The highest BCUT2D eigenvalue weighted by molar-refractivity contribution is 5.84. The monoisotopic (exact) mass is 308 g/mol. The van der Waals surface area contributed by atoms with Crippen LogP contribution in [0.4, 0.5) is 0 Å². The summed E-state index contributed by atoms with van der Waals surface area (Å²) in [6.45, 7) is 4.92. The lowest BCUT2D eigenvalue weighted by molar-refractivity contribution is -0.146. The van der Waals surface area contributed by atoms with Gasteiger partial charge in [0.2, 0.25) is 5.91 Å². The van der Waals surface area contributed by atoms with Gasteiger partial charge in [0.05, 0.1) is 12.0 Å². The molecule has 3 rings (SSSR count). The summed E-state index contributed by atoms with van der Waals surface area (Å²) in [5.41, 5.74) is -0.206. The second-order valence-electron chi connectivity index (χ2n) is 6.35. The summed E-state index contributed by atoms with van der Waals surface area (Å²) in [6.07, 6.45) is 5.58. The predicted octanol–water partition coefficient (Wildman–Crippen LogP) is -0.630. The van der Waals surface area contributed by atoms with E-state index in [1.54, 1.807) is 11.0 Å². The molecule has 1 amide bonds. The van der Waals surface area contributed by atoms with Gasteiger partial charge < -0.3 is 14.9 Å². The van der Waals surface area contributed by atoms with Gasteiger partial charge in [-0.25, -0.2) is 4.68 Å². The first-order valence-electron chi connectivity index (χ1n) is 8.07. The van der Waals surface area contributed by atoms with E-state index in [-0.39, 0.29) is 17.9 Å². The quantitative estimate of drug-likeness (QED) is 0.753. The zero-order chi connectivity index (χ0) is 15.4. The molecule has 1 spiro atoms. The lowest BCUT2D eigenvalue weighted by atomic mass is 9.78. The van der Waals surface area contributed by atoms with Gasteiger partial charge in [0.25, 0.3) is 0 Å². The standard InChI is InChI=1S/C14H24N6O2/c21-10-9-19-6-1-3-14(13(19)22)4-8-18(11-14)5-2-7-20-12-15-16-17-20/h12,21H,1-11H2. The van der Waals surface area contributed by atoms with Gasteiger partial charge in [-0.15, -0.1) is 5.10 Å². The minimum absolute atomic E-state index is 0.0531. The SMILES string of the molecule is O=C1N(CCO)CCCC12CCN(CCCn1cnnn1)C2. The van der Waals surface area contributed by atoms with Crippen LogP contribution in [-0.4, -0.2) is 80.4 Å². The minimum atomic E-state index is -0.206. The second kappa shape index (κ2) is 6.70. The van der Waals surface area contributed by atoms with Crippen molar-refractivity contribution in [3.05, 3.63) is 6.33 Å². The Balaban J connectivity index is 1.51. The number of aliphatic hydroxyl groups excluding tert-OH is 1. The number of nitrogens with zero attached hydrogens (tertiary/aromatic N) is 6. The van der Waals surface area contributed by atoms with Crippen molar-refractivity contribution < 1.29 is 9.90 Å². The Morgan fingerprint density at radius 3 is 2.91 bits per heavy atom. The van der Waals surface area contributed by atoms with Crippen molar-refractivity contribution in [2.45, 2.75) is 32.2 Å². The molecule has 0 aliphatic carbocycles. The van der Waals surface area contributed by atoms with Gasteiger partial charge in [-0.2, -0.15) is 0 Å². The average molecular weight is 308 g/mol. The summed E-state index contributed by atoms with van der Waals surface area (Å²) in [5, 5.41) is 20.2. The van der Waals surface area contributed by atoms with Gasteiger partial charge in [0.15, 0.2) is 0 Å². The Hall–Kier alpha value is -1.54. The van der Waals surface area contributed by atoms with Gasteiger partial charge in [0.1, 0.15) is 6.33 Å². The zero-order valence-electron chi connectivity index (χ0n) is 12.9. The van der Waals surface area contributed by atoms with Crippen molar-refractivity contribution in [1.29, 1.82) is 0 Å². The molecule has 1 N–H and O–H groups in total. The molecular formula is C14H24N6O2. The molecule has 8 heteroatoms. The topological polar surface area (TPSA) is 87.4 Å². The fourth-order valence-electron chi connectivity index (χ4n) is 3.75. The average Bonchev–Trinajstić information content (AvgIpc) is 3.16. The number of aryl methyl sites for hydroxylation is 1. The molecule has 2 saturated heterocycles. The van der Waals surface area contributed by atoms with Crippen LogP contribution in [0, 0.1) is 5.41 Å². The third kappa shape index (κ3) is 3.12. The Kier molecular flexibility index (Phi) is 4.68. The molecule has 0 saturated carbocycles. The number of aliphatic hydroxyl groups is 1. The largest absolute Gasteiger partial charge is 0.395 e. The first-order valence-corrected chi connectivity index (χ1v) is 8.07. The molecular weight excluding hydrogens is 284 g/mol. The highest BCUT2D eigenvalue weighted by Crippen LogP contribution is 2.39. The van der Waals surface area contributed by atoms with E-state index in [4.69, 9.17) is 5.11 Å². The molecule has 0 bridgehead atoms. The van der Waals surface area contributed by atoms with Crippen molar-refractivity contribution in [3.63, 3.8) is 0 Å². The van der Waals surface area contributed by atoms with Crippen LogP contribution in [0.1, 0.15) is 25.7 Å². The van der Waals surface area contributed by atoms with Crippen molar-refractivity contribution in [2.24, 2.45) is 5.41 Å². The maximum absolute atomic E-state index is 12.7. The molecule has 1 aromatic rings. The number of carbonyl (C=O) groups excluding carboxylic acids is 1. The Morgan fingerprint density at radius 2 is 2.14 bits per heavy atom. The molecule has 2 aliphatic rings. The summed E-state index contributed by atoms with van der Waals surface area (Å²) in [6, 6.07) is 0. The van der Waals surface area contributed by atoms with Gasteiger partial charge in [-0.1, -0.05) is 0 Å². The lowest BCUT2D eigenvalue weighted by Gasteiger charge is -2.39. The van der Waals surface area contributed by atoms with E-state index in [2.05, 4.69) is 20.4 Å². The number of amides is 1. The second-order valence-corrected chi connectivity index (χ2v) is 6.35. The number of likely N-dealkylation sites (tertiary alicyclic amines) is 2. The molecule has 0 aromatic carbocycles. The molecule has 1 unspecified atom stereocenters. The van der Waals surface area contributed by atoms with Crippen LogP contribution in [0.2, 0.25) is 0 Å². The first-order chi connectivity index (χ1) is 10.7. The molecule has 8 nitrogen and oxygen atoms in total. The number of β-amino-alcohol motifs (C(OH)–C–C–N with tert-alkyl or cyclic N) is 1. The van der Waals surface area contributed by atoms with Crippen LogP contribution in [0.5, 0.6) is 0 Å². The van der Waals surface area contributed by atoms with Crippen molar-refractivity contribution in [3.8, 4) is 0 Å². The minimum Gasteiger partial charge on any atom is -0.395 e. The molecule has 0 radical (unpaired) electrons. The van der Waals surface area contributed by atoms with Crippen LogP contribution < -0.4 is 0 Å². The maximum Gasteiger partial charge on any atom is 0.230 e.